The Labute approximate surface area is 154 Å². The van der Waals surface area contributed by atoms with E-state index < -0.39 is 14.2 Å². The van der Waals surface area contributed by atoms with Crippen molar-refractivity contribution in [3.8, 4) is 0 Å². The van der Waals surface area contributed by atoms with Crippen LogP contribution in [-0.4, -0.2) is 43.0 Å². The molecule has 0 aromatic heterocycles. The van der Waals surface area contributed by atoms with Gasteiger partial charge in [0.15, 0.2) is 0 Å². The minimum Gasteiger partial charge on any atom is -0.337 e. The second-order valence-corrected chi connectivity index (χ2v) is 8.14. The van der Waals surface area contributed by atoms with Crippen molar-refractivity contribution >= 4 is 7.82 Å². The predicted octanol–water partition coefficient (Wildman–Crippen LogP) is 5.33. The lowest BCUT2D eigenvalue weighted by Gasteiger charge is -2.32. The summed E-state index contributed by atoms with van der Waals surface area (Å²) in [6, 6.07) is 0. The molecule has 0 spiro atoms. The van der Waals surface area contributed by atoms with Crippen LogP contribution in [0.5, 0.6) is 0 Å². The molecule has 1 heterocycles. The van der Waals surface area contributed by atoms with Crippen LogP contribution < -0.4 is 0 Å². The maximum absolute atomic E-state index is 13.0. The van der Waals surface area contributed by atoms with E-state index in [2.05, 4.69) is 25.7 Å². The van der Waals surface area contributed by atoms with Crippen LogP contribution in [0, 0.1) is 0 Å². The number of hydrogen-bond donors (Lipinski definition) is 0. The number of rotatable bonds is 15. The van der Waals surface area contributed by atoms with Crippen molar-refractivity contribution in [2.24, 2.45) is 0 Å². The van der Waals surface area contributed by atoms with Crippen LogP contribution in [0.25, 0.3) is 0 Å². The van der Waals surface area contributed by atoms with Gasteiger partial charge in [0.05, 0.1) is 13.2 Å². The fraction of sp³-hybridized carbons (Fsp3) is 0.889. The van der Waals surface area contributed by atoms with Crippen LogP contribution >= 0.6 is 7.82 Å². The molecule has 0 bridgehead atoms. The van der Waals surface area contributed by atoms with Gasteiger partial charge < -0.3 is 9.80 Å². The van der Waals surface area contributed by atoms with Gasteiger partial charge in [0, 0.05) is 26.0 Å². The first-order valence-corrected chi connectivity index (χ1v) is 11.3. The Morgan fingerprint density at radius 3 is 2.04 bits per heavy atom. The number of unbranched alkanes of at least 4 members (excludes halogenated alkanes) is 5. The number of hydrogen-bond acceptors (Lipinski definition) is 6. The quantitative estimate of drug-likeness (QED) is 0.284. The lowest BCUT2D eigenvalue weighted by atomic mass is 10.2. The van der Waals surface area contributed by atoms with E-state index in [-0.39, 0.29) is 0 Å². The molecule has 0 aromatic rings. The zero-order valence-electron chi connectivity index (χ0n) is 16.5. The van der Waals surface area contributed by atoms with Crippen molar-refractivity contribution in [1.29, 1.82) is 0 Å². The Morgan fingerprint density at radius 2 is 1.48 bits per heavy atom. The molecule has 25 heavy (non-hydrogen) atoms. The summed E-state index contributed by atoms with van der Waals surface area (Å²) in [7, 11) is -1.66. The molecule has 1 rings (SSSR count). The predicted molar refractivity (Wildman–Crippen MR) is 102 cm³/mol. The smallest absolute Gasteiger partial charge is 0.337 e. The van der Waals surface area contributed by atoms with Crippen molar-refractivity contribution < 1.29 is 18.1 Å². The van der Waals surface area contributed by atoms with Crippen LogP contribution in [0.15, 0.2) is 12.4 Å². The highest BCUT2D eigenvalue weighted by atomic mass is 31.2. The fourth-order valence-corrected chi connectivity index (χ4v) is 3.87. The first kappa shape index (κ1) is 22.5. The summed E-state index contributed by atoms with van der Waals surface area (Å²) < 4.78 is 30.0. The van der Waals surface area contributed by atoms with Crippen LogP contribution in [-0.2, 0) is 18.1 Å². The van der Waals surface area contributed by atoms with Gasteiger partial charge in [0.25, 0.3) is 0 Å². The second-order valence-electron chi connectivity index (χ2n) is 6.51. The maximum atomic E-state index is 13.0. The molecule has 1 aliphatic heterocycles. The van der Waals surface area contributed by atoms with Crippen LogP contribution in [0.1, 0.15) is 72.1 Å². The summed E-state index contributed by atoms with van der Waals surface area (Å²) in [5.74, 6) is 0. The summed E-state index contributed by atoms with van der Waals surface area (Å²) >= 11 is 0. The van der Waals surface area contributed by atoms with Gasteiger partial charge in [-0.15, -0.1) is 0 Å². The molecule has 1 unspecified atom stereocenters. The SMILES string of the molecule is CCCCCCN1C=CN(C)C1OP(=O)(OCCCC)OCCCC. The lowest BCUT2D eigenvalue weighted by Crippen LogP contribution is -2.39. The van der Waals surface area contributed by atoms with Gasteiger partial charge in [-0.2, -0.15) is 0 Å². The molecule has 0 aromatic carbocycles. The molecule has 0 amide bonds. The van der Waals surface area contributed by atoms with Gasteiger partial charge in [-0.3, -0.25) is 9.05 Å². The number of phosphoric ester groups is 1. The standard InChI is InChI=1S/C18H37N2O4P/c1-5-8-11-12-13-20-15-14-19(4)18(20)24-25(21,22-16-9-6-2)23-17-10-7-3/h14-15,18H,5-13,16-17H2,1-4H3. The van der Waals surface area contributed by atoms with Crippen molar-refractivity contribution in [2.75, 3.05) is 26.8 Å². The highest BCUT2D eigenvalue weighted by Crippen LogP contribution is 2.52. The summed E-state index contributed by atoms with van der Waals surface area (Å²) in [5.41, 5.74) is 0. The van der Waals surface area contributed by atoms with E-state index in [1.807, 2.05) is 24.3 Å². The van der Waals surface area contributed by atoms with Gasteiger partial charge in [-0.25, -0.2) is 9.09 Å². The van der Waals surface area contributed by atoms with Gasteiger partial charge in [-0.05, 0) is 19.3 Å². The highest BCUT2D eigenvalue weighted by Gasteiger charge is 2.36. The monoisotopic (exact) mass is 376 g/mol. The molecule has 1 atom stereocenters. The Kier molecular flexibility index (Phi) is 11.5. The molecule has 7 heteroatoms. The molecular formula is C18H37N2O4P. The fourth-order valence-electron chi connectivity index (χ4n) is 2.47. The summed E-state index contributed by atoms with van der Waals surface area (Å²) in [6.45, 7) is 7.99. The molecule has 0 fully saturated rings. The highest BCUT2D eigenvalue weighted by molar-refractivity contribution is 7.48. The largest absolute Gasteiger partial charge is 0.478 e. The summed E-state index contributed by atoms with van der Waals surface area (Å²) in [6.07, 6.45) is 11.8. The molecule has 6 nitrogen and oxygen atoms in total. The van der Waals surface area contributed by atoms with Crippen molar-refractivity contribution in [1.82, 2.24) is 9.80 Å². The Hall–Kier alpha value is -0.550. The van der Waals surface area contributed by atoms with E-state index in [0.717, 1.165) is 38.6 Å². The van der Waals surface area contributed by atoms with Crippen LogP contribution in [0.3, 0.4) is 0 Å². The molecular weight excluding hydrogens is 339 g/mol. The third-order valence-electron chi connectivity index (χ3n) is 4.11. The minimum atomic E-state index is -3.57. The van der Waals surface area contributed by atoms with Crippen LogP contribution in [0.2, 0.25) is 0 Å². The lowest BCUT2D eigenvalue weighted by molar-refractivity contribution is -0.0463. The first-order chi connectivity index (χ1) is 12.1. The third kappa shape index (κ3) is 8.59. The van der Waals surface area contributed by atoms with Crippen LogP contribution in [0.4, 0.5) is 0 Å². The first-order valence-electron chi connectivity index (χ1n) is 9.79. The summed E-state index contributed by atoms with van der Waals surface area (Å²) in [5, 5.41) is 0. The second kappa shape index (κ2) is 12.7. The molecule has 0 radical (unpaired) electrons. The van der Waals surface area contributed by atoms with E-state index in [1.54, 1.807) is 0 Å². The molecule has 0 aliphatic carbocycles. The average molecular weight is 376 g/mol. The van der Waals surface area contributed by atoms with Gasteiger partial charge >= 0.3 is 7.82 Å². The van der Waals surface area contributed by atoms with Crippen molar-refractivity contribution in [3.05, 3.63) is 12.4 Å². The normalized spacial score (nSPS) is 17.7. The van der Waals surface area contributed by atoms with E-state index in [1.165, 1.54) is 19.3 Å². The average Bonchev–Trinajstić information content (AvgIpc) is 2.92. The van der Waals surface area contributed by atoms with E-state index in [0.29, 0.717) is 13.2 Å². The zero-order valence-corrected chi connectivity index (χ0v) is 17.4. The Morgan fingerprint density at radius 1 is 0.880 bits per heavy atom. The topological polar surface area (TPSA) is 51.2 Å². The van der Waals surface area contributed by atoms with Gasteiger partial charge in [-0.1, -0.05) is 52.9 Å². The molecule has 1 aliphatic rings. The van der Waals surface area contributed by atoms with E-state index in [9.17, 15) is 4.57 Å². The summed E-state index contributed by atoms with van der Waals surface area (Å²) in [4.78, 5) is 3.97. The Bertz CT molecular complexity index is 406. The third-order valence-corrected chi connectivity index (χ3v) is 5.56. The van der Waals surface area contributed by atoms with Crippen molar-refractivity contribution in [2.45, 2.75) is 78.5 Å². The molecule has 148 valence electrons. The molecule has 0 N–H and O–H groups in total. The number of nitrogens with zero attached hydrogens (tertiary/aromatic N) is 2. The van der Waals surface area contributed by atoms with E-state index >= 15 is 0 Å². The zero-order chi connectivity index (χ0) is 18.5. The number of phosphoric acid groups is 1. The van der Waals surface area contributed by atoms with E-state index in [4.69, 9.17) is 13.6 Å². The molecule has 0 saturated heterocycles. The van der Waals surface area contributed by atoms with Crippen molar-refractivity contribution in [3.63, 3.8) is 0 Å². The maximum Gasteiger partial charge on any atom is 0.478 e. The van der Waals surface area contributed by atoms with Gasteiger partial charge in [0.2, 0.25) is 6.35 Å². The Balaban J connectivity index is 2.62. The minimum absolute atomic E-state index is 0.389. The molecule has 0 saturated carbocycles. The van der Waals surface area contributed by atoms with Gasteiger partial charge in [0.1, 0.15) is 0 Å².